The summed E-state index contributed by atoms with van der Waals surface area (Å²) >= 11 is 3.70. The molecule has 1 unspecified atom stereocenters. The Kier molecular flexibility index (Phi) is 5.25. The summed E-state index contributed by atoms with van der Waals surface area (Å²) in [4.78, 5) is 6.96. The van der Waals surface area contributed by atoms with E-state index in [1.54, 1.807) is 0 Å². The molecule has 0 bridgehead atoms. The van der Waals surface area contributed by atoms with Crippen LogP contribution in [-0.4, -0.2) is 46.1 Å². The Hall–Kier alpha value is -0.830. The Morgan fingerprint density at radius 2 is 2.05 bits per heavy atom. The van der Waals surface area contributed by atoms with Crippen molar-refractivity contribution in [2.24, 2.45) is 0 Å². The molecule has 0 radical (unpaired) electrons. The van der Waals surface area contributed by atoms with Gasteiger partial charge in [-0.25, -0.2) is 9.97 Å². The molecule has 2 heterocycles. The highest BCUT2D eigenvalue weighted by molar-refractivity contribution is 8.06. The van der Waals surface area contributed by atoms with Gasteiger partial charge in [0.15, 0.2) is 0 Å². The zero-order valence-corrected chi connectivity index (χ0v) is 12.5. The number of halogens is 3. The third-order valence-corrected chi connectivity index (χ3v) is 5.48. The number of alkyl halides is 3. The molecule has 1 saturated heterocycles. The maximum atomic E-state index is 12.7. The highest BCUT2D eigenvalue weighted by atomic mass is 32.2. The van der Waals surface area contributed by atoms with Gasteiger partial charge in [0, 0.05) is 42.2 Å². The molecule has 1 aromatic heterocycles. The minimum atomic E-state index is -4.54. The third kappa shape index (κ3) is 4.34. The van der Waals surface area contributed by atoms with Crippen LogP contribution < -0.4 is 10.6 Å². The summed E-state index contributed by atoms with van der Waals surface area (Å²) in [6, 6.07) is 1.48. The first-order valence-corrected chi connectivity index (χ1v) is 8.26. The van der Waals surface area contributed by atoms with Gasteiger partial charge >= 0.3 is 6.18 Å². The fourth-order valence-corrected chi connectivity index (χ4v) is 4.28. The number of nitrogens with zero attached hydrogens (tertiary/aromatic N) is 2. The van der Waals surface area contributed by atoms with Gasteiger partial charge in [0.25, 0.3) is 0 Å². The van der Waals surface area contributed by atoms with E-state index in [1.807, 2.05) is 23.5 Å². The van der Waals surface area contributed by atoms with Crippen molar-refractivity contribution in [3.8, 4) is 0 Å². The first kappa shape index (κ1) is 15.6. The Balaban J connectivity index is 2.06. The van der Waals surface area contributed by atoms with Gasteiger partial charge in [-0.05, 0) is 0 Å². The number of aromatic nitrogens is 2. The average Bonchev–Trinajstić information content (AvgIpc) is 2.45. The maximum absolute atomic E-state index is 12.7. The summed E-state index contributed by atoms with van der Waals surface area (Å²) in [5.41, 5.74) is 0. The van der Waals surface area contributed by atoms with Gasteiger partial charge in [-0.3, -0.25) is 0 Å². The quantitative estimate of drug-likeness (QED) is 0.888. The summed E-state index contributed by atoms with van der Waals surface area (Å²) in [6.07, 6.45) is -4.54. The summed E-state index contributed by atoms with van der Waals surface area (Å²) < 4.78 is 38.1. The second-order valence-electron chi connectivity index (χ2n) is 4.16. The van der Waals surface area contributed by atoms with Crippen LogP contribution in [0.1, 0.15) is 5.82 Å². The molecule has 20 heavy (non-hydrogen) atoms. The summed E-state index contributed by atoms with van der Waals surface area (Å²) in [6.45, 7) is 0.606. The van der Waals surface area contributed by atoms with Crippen LogP contribution in [0.5, 0.6) is 0 Å². The molecule has 0 saturated carbocycles. The lowest BCUT2D eigenvalue weighted by atomic mass is 10.4. The Morgan fingerprint density at radius 3 is 2.65 bits per heavy atom. The minimum absolute atomic E-state index is 0.153. The van der Waals surface area contributed by atoms with E-state index >= 15 is 0 Å². The molecule has 9 heteroatoms. The van der Waals surface area contributed by atoms with Crippen LogP contribution in [0.2, 0.25) is 0 Å². The predicted molar refractivity (Wildman–Crippen MR) is 78.6 cm³/mol. The molecule has 0 spiro atoms. The average molecular weight is 324 g/mol. The number of hydrogen-bond acceptors (Lipinski definition) is 6. The van der Waals surface area contributed by atoms with Gasteiger partial charge in [-0.15, -0.1) is 0 Å². The molecule has 1 fully saturated rings. The standard InChI is InChI=1S/C11H15F3N4S2/c1-15-8-4-9(18-10(17-8)11(12,13)14)16-5-7-6-19-2-3-20-7/h4,7H,2-3,5-6H2,1H3,(H2,15,16,17,18). The van der Waals surface area contributed by atoms with Gasteiger partial charge in [-0.2, -0.15) is 36.7 Å². The summed E-state index contributed by atoms with van der Waals surface area (Å²) in [7, 11) is 1.53. The van der Waals surface area contributed by atoms with Crippen molar-refractivity contribution >= 4 is 35.2 Å². The fourth-order valence-electron chi connectivity index (χ4n) is 1.67. The second-order valence-corrected chi connectivity index (χ2v) is 6.72. The highest BCUT2D eigenvalue weighted by Gasteiger charge is 2.35. The highest BCUT2D eigenvalue weighted by Crippen LogP contribution is 2.29. The van der Waals surface area contributed by atoms with Crippen LogP contribution in [0, 0.1) is 0 Å². The zero-order valence-electron chi connectivity index (χ0n) is 10.8. The van der Waals surface area contributed by atoms with E-state index in [4.69, 9.17) is 0 Å². The normalized spacial score (nSPS) is 19.7. The monoisotopic (exact) mass is 324 g/mol. The van der Waals surface area contributed by atoms with E-state index < -0.39 is 12.0 Å². The van der Waals surface area contributed by atoms with Crippen LogP contribution in [0.15, 0.2) is 6.07 Å². The van der Waals surface area contributed by atoms with Gasteiger partial charge in [0.05, 0.1) is 0 Å². The number of anilines is 2. The number of rotatable bonds is 4. The molecule has 1 aliphatic rings. The number of hydrogen-bond donors (Lipinski definition) is 2. The lowest BCUT2D eigenvalue weighted by Gasteiger charge is -2.21. The SMILES string of the molecule is CNc1cc(NCC2CSCCS2)nc(C(F)(F)F)n1. The van der Waals surface area contributed by atoms with E-state index in [1.165, 1.54) is 13.1 Å². The molecule has 4 nitrogen and oxygen atoms in total. The van der Waals surface area contributed by atoms with E-state index in [9.17, 15) is 13.2 Å². The summed E-state index contributed by atoms with van der Waals surface area (Å²) in [5.74, 6) is 2.45. The molecule has 112 valence electrons. The lowest BCUT2D eigenvalue weighted by Crippen LogP contribution is -2.24. The fraction of sp³-hybridized carbons (Fsp3) is 0.636. The van der Waals surface area contributed by atoms with Crippen LogP contribution in [-0.2, 0) is 6.18 Å². The van der Waals surface area contributed by atoms with Crippen LogP contribution in [0.3, 0.4) is 0 Å². The van der Waals surface area contributed by atoms with Crippen LogP contribution in [0.25, 0.3) is 0 Å². The van der Waals surface area contributed by atoms with Crippen molar-refractivity contribution in [1.82, 2.24) is 9.97 Å². The Bertz CT molecular complexity index is 450. The van der Waals surface area contributed by atoms with E-state index in [2.05, 4.69) is 20.6 Å². The molecule has 2 N–H and O–H groups in total. The van der Waals surface area contributed by atoms with Gasteiger partial charge < -0.3 is 10.6 Å². The molecule has 0 aromatic carbocycles. The van der Waals surface area contributed by atoms with Crippen molar-refractivity contribution in [3.63, 3.8) is 0 Å². The Labute approximate surface area is 123 Å². The smallest absolute Gasteiger partial charge is 0.373 e. The molecular weight excluding hydrogens is 309 g/mol. The molecule has 1 aromatic rings. The van der Waals surface area contributed by atoms with Gasteiger partial charge in [-0.1, -0.05) is 0 Å². The molecule has 0 amide bonds. The van der Waals surface area contributed by atoms with Crippen molar-refractivity contribution in [1.29, 1.82) is 0 Å². The first-order chi connectivity index (χ1) is 9.49. The van der Waals surface area contributed by atoms with E-state index in [0.717, 1.165) is 17.3 Å². The predicted octanol–water partition coefficient (Wildman–Crippen LogP) is 2.80. The van der Waals surface area contributed by atoms with Crippen LogP contribution >= 0.6 is 23.5 Å². The Morgan fingerprint density at radius 1 is 1.30 bits per heavy atom. The minimum Gasteiger partial charge on any atom is -0.373 e. The van der Waals surface area contributed by atoms with Gasteiger partial charge in [0.1, 0.15) is 11.6 Å². The number of thioether (sulfide) groups is 2. The molecule has 2 rings (SSSR count). The van der Waals surface area contributed by atoms with Crippen molar-refractivity contribution in [3.05, 3.63) is 11.9 Å². The van der Waals surface area contributed by atoms with E-state index in [0.29, 0.717) is 11.8 Å². The zero-order chi connectivity index (χ0) is 14.6. The third-order valence-electron chi connectivity index (χ3n) is 2.63. The molecular formula is C11H15F3N4S2. The second kappa shape index (κ2) is 6.75. The topological polar surface area (TPSA) is 49.8 Å². The lowest BCUT2D eigenvalue weighted by molar-refractivity contribution is -0.144. The molecule has 0 aliphatic carbocycles. The van der Waals surface area contributed by atoms with Crippen molar-refractivity contribution < 1.29 is 13.2 Å². The molecule has 1 atom stereocenters. The maximum Gasteiger partial charge on any atom is 0.451 e. The van der Waals surface area contributed by atoms with Gasteiger partial charge in [0.2, 0.25) is 5.82 Å². The summed E-state index contributed by atoms with van der Waals surface area (Å²) in [5, 5.41) is 5.99. The van der Waals surface area contributed by atoms with E-state index in [-0.39, 0.29) is 11.6 Å². The number of nitrogens with one attached hydrogen (secondary N) is 2. The largest absolute Gasteiger partial charge is 0.451 e. The molecule has 1 aliphatic heterocycles. The van der Waals surface area contributed by atoms with Crippen molar-refractivity contribution in [2.75, 3.05) is 41.5 Å². The van der Waals surface area contributed by atoms with Crippen molar-refractivity contribution in [2.45, 2.75) is 11.4 Å². The first-order valence-electron chi connectivity index (χ1n) is 6.06. The van der Waals surface area contributed by atoms with Crippen LogP contribution in [0.4, 0.5) is 24.8 Å².